The number of aromatic hydroxyl groups is 2. The second kappa shape index (κ2) is 12.7. The highest BCUT2D eigenvalue weighted by Gasteiger charge is 2.24. The molecule has 1 fully saturated rings. The van der Waals surface area contributed by atoms with Crippen molar-refractivity contribution in [1.82, 2.24) is 0 Å². The maximum atomic E-state index is 12.3. The lowest BCUT2D eigenvalue weighted by atomic mass is 9.84. The van der Waals surface area contributed by atoms with E-state index >= 15 is 0 Å². The van der Waals surface area contributed by atoms with Gasteiger partial charge in [-0.15, -0.1) is 0 Å². The normalized spacial score (nSPS) is 19.4. The summed E-state index contributed by atoms with van der Waals surface area (Å²) in [6.45, 7) is 1.80. The maximum Gasteiger partial charge on any atom is 0.123 e. The van der Waals surface area contributed by atoms with Crippen LogP contribution in [0.4, 0.5) is 4.39 Å². The van der Waals surface area contributed by atoms with Crippen molar-refractivity contribution in [3.8, 4) is 17.2 Å². The molecule has 0 amide bonds. The van der Waals surface area contributed by atoms with E-state index in [9.17, 15) is 14.6 Å². The predicted octanol–water partition coefficient (Wildman–Crippen LogP) is 9.17. The van der Waals surface area contributed by atoms with E-state index in [1.807, 2.05) is 31.2 Å². The van der Waals surface area contributed by atoms with Crippen LogP contribution in [0.1, 0.15) is 92.0 Å². The minimum Gasteiger partial charge on any atom is -0.508 e. The summed E-state index contributed by atoms with van der Waals surface area (Å²) in [6.07, 6.45) is 11.5. The fourth-order valence-electron chi connectivity index (χ4n) is 6.41. The molecular formula is C35H41FO3. The van der Waals surface area contributed by atoms with Crippen LogP contribution in [0, 0.1) is 12.8 Å². The monoisotopic (exact) mass is 528 g/mol. The summed E-state index contributed by atoms with van der Waals surface area (Å²) in [4.78, 5) is 0. The highest BCUT2D eigenvalue weighted by atomic mass is 19.1. The largest absolute Gasteiger partial charge is 0.508 e. The summed E-state index contributed by atoms with van der Waals surface area (Å²) in [5.41, 5.74) is 7.48. The van der Waals surface area contributed by atoms with Gasteiger partial charge in [0.2, 0.25) is 0 Å². The molecule has 0 spiro atoms. The molecule has 0 heterocycles. The van der Waals surface area contributed by atoms with Crippen LogP contribution in [-0.4, -0.2) is 23.0 Å². The van der Waals surface area contributed by atoms with Crippen LogP contribution in [-0.2, 0) is 6.42 Å². The zero-order chi connectivity index (χ0) is 27.2. The van der Waals surface area contributed by atoms with E-state index in [1.54, 1.807) is 6.07 Å². The fraction of sp³-hybridized carbons (Fsp3) is 0.429. The first-order valence-corrected chi connectivity index (χ1v) is 14.7. The molecule has 3 aromatic rings. The first kappa shape index (κ1) is 27.3. The van der Waals surface area contributed by atoms with Crippen LogP contribution < -0.4 is 4.74 Å². The third-order valence-electron chi connectivity index (χ3n) is 8.50. The molecule has 3 nitrogen and oxygen atoms in total. The Kier molecular flexibility index (Phi) is 8.91. The van der Waals surface area contributed by atoms with Gasteiger partial charge in [-0.25, -0.2) is 0 Å². The molecule has 0 bridgehead atoms. The van der Waals surface area contributed by atoms with Gasteiger partial charge in [0.05, 0.1) is 12.8 Å². The number of aryl methyl sites for hydroxylation is 2. The molecule has 0 saturated heterocycles. The van der Waals surface area contributed by atoms with Crippen LogP contribution in [0.5, 0.6) is 17.2 Å². The number of fused-ring (bicyclic) bond motifs is 1. The number of unbranched alkanes of at least 4 members (excludes halogenated alkanes) is 2. The Morgan fingerprint density at radius 2 is 1.59 bits per heavy atom. The van der Waals surface area contributed by atoms with Crippen molar-refractivity contribution in [2.75, 3.05) is 6.67 Å². The van der Waals surface area contributed by atoms with E-state index in [0.29, 0.717) is 12.2 Å². The molecule has 0 radical (unpaired) electrons. The molecule has 1 saturated carbocycles. The number of halogens is 1. The molecule has 0 aliphatic heterocycles. The zero-order valence-corrected chi connectivity index (χ0v) is 23.1. The van der Waals surface area contributed by atoms with Crippen LogP contribution in [0.15, 0.2) is 60.7 Å². The third-order valence-corrected chi connectivity index (χ3v) is 8.50. The second-order valence-electron chi connectivity index (χ2n) is 11.4. The minimum absolute atomic E-state index is 0.192. The van der Waals surface area contributed by atoms with Gasteiger partial charge >= 0.3 is 0 Å². The molecule has 4 heteroatoms. The van der Waals surface area contributed by atoms with Crippen LogP contribution >= 0.6 is 0 Å². The van der Waals surface area contributed by atoms with Gasteiger partial charge in [0.1, 0.15) is 17.2 Å². The van der Waals surface area contributed by atoms with Crippen molar-refractivity contribution >= 4 is 11.1 Å². The molecule has 0 unspecified atom stereocenters. The van der Waals surface area contributed by atoms with E-state index in [2.05, 4.69) is 30.3 Å². The van der Waals surface area contributed by atoms with E-state index < -0.39 is 0 Å². The molecule has 39 heavy (non-hydrogen) atoms. The number of hydrogen-bond donors (Lipinski definition) is 2. The summed E-state index contributed by atoms with van der Waals surface area (Å²) in [7, 11) is 0. The van der Waals surface area contributed by atoms with Gasteiger partial charge in [-0.3, -0.25) is 4.39 Å². The molecule has 2 N–H and O–H groups in total. The van der Waals surface area contributed by atoms with Crippen molar-refractivity contribution < 1.29 is 19.3 Å². The number of hydrogen-bond acceptors (Lipinski definition) is 3. The molecule has 5 rings (SSSR count). The van der Waals surface area contributed by atoms with Gasteiger partial charge in [-0.1, -0.05) is 49.6 Å². The topological polar surface area (TPSA) is 49.7 Å². The molecule has 2 aliphatic carbocycles. The molecular weight excluding hydrogens is 487 g/mol. The third kappa shape index (κ3) is 6.66. The standard InChI is InChI=1S/C35H41FO3/c1-24-9-19-32(34(38)22-24)33-8-5-7-27-23-28(37)14-20-31(27)35(33)26-12-17-30(18-13-26)39-29-15-10-25(11-16-29)6-3-2-4-21-36/h9,12-14,17-20,22-23,25,29,37-38H,2-8,10-11,15-16,21H2,1H3. The van der Waals surface area contributed by atoms with Crippen molar-refractivity contribution in [2.45, 2.75) is 83.7 Å². The van der Waals surface area contributed by atoms with E-state index in [0.717, 1.165) is 95.6 Å². The van der Waals surface area contributed by atoms with Crippen LogP contribution in [0.2, 0.25) is 0 Å². The Bertz CT molecular complexity index is 1290. The van der Waals surface area contributed by atoms with Crippen LogP contribution in [0.25, 0.3) is 11.1 Å². The van der Waals surface area contributed by atoms with Crippen molar-refractivity contribution in [2.24, 2.45) is 5.92 Å². The maximum absolute atomic E-state index is 12.3. The van der Waals surface area contributed by atoms with Gasteiger partial charge in [0, 0.05) is 5.56 Å². The van der Waals surface area contributed by atoms with Gasteiger partial charge in [-0.2, -0.15) is 0 Å². The first-order chi connectivity index (χ1) is 19.0. The predicted molar refractivity (Wildman–Crippen MR) is 157 cm³/mol. The summed E-state index contributed by atoms with van der Waals surface area (Å²) in [5, 5.41) is 21.1. The lowest BCUT2D eigenvalue weighted by Crippen LogP contribution is -2.24. The fourth-order valence-corrected chi connectivity index (χ4v) is 6.41. The average Bonchev–Trinajstić information content (AvgIpc) is 3.11. The molecule has 0 aromatic heterocycles. The van der Waals surface area contributed by atoms with Crippen molar-refractivity contribution in [3.63, 3.8) is 0 Å². The molecule has 206 valence electrons. The quantitative estimate of drug-likeness (QED) is 0.272. The summed E-state index contributed by atoms with van der Waals surface area (Å²) < 4.78 is 18.7. The van der Waals surface area contributed by atoms with Crippen molar-refractivity contribution in [3.05, 3.63) is 88.5 Å². The van der Waals surface area contributed by atoms with E-state index in [-0.39, 0.29) is 18.5 Å². The van der Waals surface area contributed by atoms with E-state index in [4.69, 9.17) is 4.74 Å². The highest BCUT2D eigenvalue weighted by molar-refractivity contribution is 6.01. The van der Waals surface area contributed by atoms with Gasteiger partial charge < -0.3 is 14.9 Å². The molecule has 2 aliphatic rings. The first-order valence-electron chi connectivity index (χ1n) is 14.7. The lowest BCUT2D eigenvalue weighted by Gasteiger charge is -2.29. The van der Waals surface area contributed by atoms with Gasteiger partial charge in [0.25, 0.3) is 0 Å². The lowest BCUT2D eigenvalue weighted by molar-refractivity contribution is 0.127. The Labute approximate surface area is 232 Å². The number of rotatable bonds is 9. The SMILES string of the molecule is Cc1ccc(C2=C(c3ccc(OC4CCC(CCCCCF)CC4)cc3)c3ccc(O)cc3CCC2)c(O)c1. The number of benzene rings is 3. The summed E-state index contributed by atoms with van der Waals surface area (Å²) >= 11 is 0. The Morgan fingerprint density at radius 3 is 2.33 bits per heavy atom. The van der Waals surface area contributed by atoms with Gasteiger partial charge in [0.15, 0.2) is 0 Å². The smallest absolute Gasteiger partial charge is 0.123 e. The summed E-state index contributed by atoms with van der Waals surface area (Å²) in [5.74, 6) is 2.24. The number of alkyl halides is 1. The highest BCUT2D eigenvalue weighted by Crippen LogP contribution is 2.43. The molecule has 0 atom stereocenters. The summed E-state index contributed by atoms with van der Waals surface area (Å²) in [6, 6.07) is 20.0. The number of allylic oxidation sites excluding steroid dienone is 1. The zero-order valence-electron chi connectivity index (χ0n) is 23.1. The second-order valence-corrected chi connectivity index (χ2v) is 11.4. The van der Waals surface area contributed by atoms with Crippen molar-refractivity contribution in [1.29, 1.82) is 0 Å². The average molecular weight is 529 g/mol. The van der Waals surface area contributed by atoms with E-state index in [1.165, 1.54) is 19.3 Å². The van der Waals surface area contributed by atoms with Gasteiger partial charge in [-0.05, 0) is 128 Å². The Balaban J connectivity index is 1.37. The van der Waals surface area contributed by atoms with Crippen LogP contribution in [0.3, 0.4) is 0 Å². The Hall–Kier alpha value is -3.27. The number of ether oxygens (including phenoxy) is 1. The Morgan fingerprint density at radius 1 is 0.821 bits per heavy atom. The molecule has 3 aromatic carbocycles. The minimum atomic E-state index is -0.192. The number of phenolic OH excluding ortho intramolecular Hbond substituents is 2. The number of phenols is 2.